The molecule has 1 aromatic carbocycles. The van der Waals surface area contributed by atoms with Gasteiger partial charge in [-0.05, 0) is 74.9 Å². The third-order valence-electron chi connectivity index (χ3n) is 3.01. The van der Waals surface area contributed by atoms with Crippen LogP contribution < -0.4 is 21.5 Å². The van der Waals surface area contributed by atoms with Crippen LogP contribution in [0.4, 0.5) is 5.69 Å². The summed E-state index contributed by atoms with van der Waals surface area (Å²) >= 11 is 10.3. The first kappa shape index (κ1) is 18.6. The molecule has 1 rings (SSSR count). The van der Waals surface area contributed by atoms with Gasteiger partial charge in [0.05, 0.1) is 0 Å². The van der Waals surface area contributed by atoms with Crippen molar-refractivity contribution in [3.63, 3.8) is 0 Å². The van der Waals surface area contributed by atoms with Crippen molar-refractivity contribution in [2.75, 3.05) is 25.1 Å². The lowest BCUT2D eigenvalue weighted by Gasteiger charge is -2.14. The highest BCUT2D eigenvalue weighted by molar-refractivity contribution is 7.80. The van der Waals surface area contributed by atoms with Gasteiger partial charge in [-0.3, -0.25) is 10.9 Å². The molecule has 0 fully saturated rings. The van der Waals surface area contributed by atoms with Crippen LogP contribution in [0.5, 0.6) is 0 Å². The molecule has 0 spiro atoms. The summed E-state index contributed by atoms with van der Waals surface area (Å²) in [4.78, 5) is 0. The van der Waals surface area contributed by atoms with Crippen LogP contribution in [0.15, 0.2) is 18.2 Å². The predicted molar refractivity (Wildman–Crippen MR) is 100 cm³/mol. The van der Waals surface area contributed by atoms with E-state index in [0.29, 0.717) is 10.2 Å². The highest BCUT2D eigenvalue weighted by Gasteiger charge is 2.00. The van der Waals surface area contributed by atoms with Crippen molar-refractivity contribution >= 4 is 40.3 Å². The van der Waals surface area contributed by atoms with Crippen molar-refractivity contribution in [3.05, 3.63) is 29.3 Å². The van der Waals surface area contributed by atoms with E-state index in [1.165, 1.54) is 11.1 Å². The van der Waals surface area contributed by atoms with E-state index in [0.717, 1.165) is 31.9 Å². The predicted octanol–water partition coefficient (Wildman–Crippen LogP) is 2.40. The Labute approximate surface area is 143 Å². The van der Waals surface area contributed by atoms with E-state index in [4.69, 9.17) is 29.2 Å². The van der Waals surface area contributed by atoms with E-state index in [9.17, 15) is 0 Å². The molecule has 5 nitrogen and oxygen atoms in total. The van der Waals surface area contributed by atoms with Crippen molar-refractivity contribution in [1.29, 1.82) is 0 Å². The topological polar surface area (TPSA) is 57.4 Å². The van der Waals surface area contributed by atoms with Crippen LogP contribution >= 0.6 is 24.4 Å². The highest BCUT2D eigenvalue weighted by atomic mass is 32.1. The smallest absolute Gasteiger partial charge is 0.189 e. The molecule has 0 bridgehead atoms. The fourth-order valence-electron chi connectivity index (χ4n) is 1.66. The number of rotatable bonds is 6. The Morgan fingerprint density at radius 1 is 1.09 bits per heavy atom. The maximum absolute atomic E-state index is 5.25. The van der Waals surface area contributed by atoms with Gasteiger partial charge in [-0.15, -0.1) is 0 Å². The molecule has 0 radical (unpaired) electrons. The van der Waals surface area contributed by atoms with E-state index < -0.39 is 0 Å². The third kappa shape index (κ3) is 7.53. The summed E-state index contributed by atoms with van der Waals surface area (Å²) in [6, 6.07) is 6.09. The van der Waals surface area contributed by atoms with Gasteiger partial charge in [-0.25, -0.2) is 0 Å². The Hall–Kier alpha value is -1.44. The van der Waals surface area contributed by atoms with E-state index in [2.05, 4.69) is 41.4 Å². The summed E-state index contributed by atoms with van der Waals surface area (Å²) in [5.74, 6) is 0. The number of hydrogen-bond donors (Lipinski definition) is 4. The minimum atomic E-state index is 0.460. The van der Waals surface area contributed by atoms with Crippen LogP contribution in [0.1, 0.15) is 24.5 Å². The van der Waals surface area contributed by atoms with Gasteiger partial charge >= 0.3 is 0 Å². The molecular weight excluding hydrogens is 316 g/mol. The Balaban J connectivity index is 2.22. The molecular formula is C15H24N4OS2. The van der Waals surface area contributed by atoms with Crippen molar-refractivity contribution in [3.8, 4) is 0 Å². The Morgan fingerprint density at radius 3 is 2.50 bits per heavy atom. The quantitative estimate of drug-likeness (QED) is 0.360. The summed E-state index contributed by atoms with van der Waals surface area (Å²) in [6.07, 6.45) is 0.904. The average Bonchev–Trinajstić information content (AvgIpc) is 2.49. The zero-order valence-electron chi connectivity index (χ0n) is 13.3. The molecule has 1 aromatic rings. The standard InChI is InChI=1S/C15H24N4OS2/c1-4-20-9-5-8-16-14(21)18-19-15(22)17-13-7-6-11(2)12(3)10-13/h6-7,10H,4-5,8-9H2,1-3H3,(H2,16,18,21)(H2,17,19,22). The van der Waals surface area contributed by atoms with Gasteiger partial charge in [-0.2, -0.15) is 0 Å². The lowest BCUT2D eigenvalue weighted by Crippen LogP contribution is -2.48. The molecule has 0 aliphatic heterocycles. The molecule has 4 N–H and O–H groups in total. The van der Waals surface area contributed by atoms with Crippen LogP contribution in [0.25, 0.3) is 0 Å². The molecule has 0 amide bonds. The molecule has 0 aromatic heterocycles. The van der Waals surface area contributed by atoms with Crippen molar-refractivity contribution in [2.24, 2.45) is 0 Å². The summed E-state index contributed by atoms with van der Waals surface area (Å²) in [7, 11) is 0. The molecule has 7 heteroatoms. The average molecular weight is 341 g/mol. The van der Waals surface area contributed by atoms with Gasteiger partial charge in [0, 0.05) is 25.4 Å². The van der Waals surface area contributed by atoms with Gasteiger partial charge in [0.2, 0.25) is 0 Å². The Bertz CT molecular complexity index is 508. The summed E-state index contributed by atoms with van der Waals surface area (Å²) in [5.41, 5.74) is 9.11. The highest BCUT2D eigenvalue weighted by Crippen LogP contribution is 2.13. The van der Waals surface area contributed by atoms with E-state index >= 15 is 0 Å². The lowest BCUT2D eigenvalue weighted by atomic mass is 10.1. The normalized spacial score (nSPS) is 9.95. The summed E-state index contributed by atoms with van der Waals surface area (Å²) in [6.45, 7) is 8.34. The summed E-state index contributed by atoms with van der Waals surface area (Å²) < 4.78 is 5.25. The second kappa shape index (κ2) is 10.3. The Kier molecular flexibility index (Phi) is 8.72. The van der Waals surface area contributed by atoms with Gasteiger partial charge in [0.1, 0.15) is 0 Å². The van der Waals surface area contributed by atoms with Gasteiger partial charge in [0.15, 0.2) is 10.2 Å². The van der Waals surface area contributed by atoms with Gasteiger partial charge in [-0.1, -0.05) is 6.07 Å². The number of hydrogen-bond acceptors (Lipinski definition) is 3. The minimum absolute atomic E-state index is 0.460. The molecule has 0 saturated carbocycles. The maximum atomic E-state index is 5.25. The summed E-state index contributed by atoms with van der Waals surface area (Å²) in [5, 5.41) is 7.13. The number of thiocarbonyl (C=S) groups is 2. The monoisotopic (exact) mass is 340 g/mol. The van der Waals surface area contributed by atoms with E-state index in [1.54, 1.807) is 0 Å². The van der Waals surface area contributed by atoms with Crippen LogP contribution in [-0.4, -0.2) is 30.0 Å². The molecule has 0 aliphatic carbocycles. The van der Waals surface area contributed by atoms with Crippen LogP contribution in [-0.2, 0) is 4.74 Å². The van der Waals surface area contributed by atoms with Crippen molar-refractivity contribution in [1.82, 2.24) is 16.2 Å². The molecule has 122 valence electrons. The minimum Gasteiger partial charge on any atom is -0.382 e. The van der Waals surface area contributed by atoms with Gasteiger partial charge in [0.25, 0.3) is 0 Å². The zero-order valence-corrected chi connectivity index (χ0v) is 14.9. The van der Waals surface area contributed by atoms with Crippen molar-refractivity contribution in [2.45, 2.75) is 27.2 Å². The van der Waals surface area contributed by atoms with Gasteiger partial charge < -0.3 is 15.4 Å². The molecule has 0 saturated heterocycles. The van der Waals surface area contributed by atoms with E-state index in [-0.39, 0.29) is 0 Å². The number of benzene rings is 1. The van der Waals surface area contributed by atoms with Crippen LogP contribution in [0.3, 0.4) is 0 Å². The first-order valence-electron chi connectivity index (χ1n) is 7.28. The van der Waals surface area contributed by atoms with Crippen LogP contribution in [0.2, 0.25) is 0 Å². The molecule has 22 heavy (non-hydrogen) atoms. The molecule has 0 atom stereocenters. The lowest BCUT2D eigenvalue weighted by molar-refractivity contribution is 0.145. The molecule has 0 aliphatic rings. The first-order valence-corrected chi connectivity index (χ1v) is 8.10. The van der Waals surface area contributed by atoms with Crippen LogP contribution in [0, 0.1) is 13.8 Å². The van der Waals surface area contributed by atoms with Crippen molar-refractivity contribution < 1.29 is 4.74 Å². The number of nitrogens with one attached hydrogen (secondary N) is 4. The second-order valence-corrected chi connectivity index (χ2v) is 5.63. The number of aryl methyl sites for hydroxylation is 2. The fourth-order valence-corrected chi connectivity index (χ4v) is 1.98. The molecule has 0 heterocycles. The second-order valence-electron chi connectivity index (χ2n) is 4.81. The number of anilines is 1. The SMILES string of the molecule is CCOCCCNC(=S)NNC(=S)Nc1ccc(C)c(C)c1. The largest absolute Gasteiger partial charge is 0.382 e. The molecule has 0 unspecified atom stereocenters. The number of hydrazine groups is 1. The Morgan fingerprint density at radius 2 is 1.82 bits per heavy atom. The number of ether oxygens (including phenoxy) is 1. The van der Waals surface area contributed by atoms with E-state index in [1.807, 2.05) is 19.1 Å². The first-order chi connectivity index (χ1) is 10.5. The maximum Gasteiger partial charge on any atom is 0.189 e. The third-order valence-corrected chi connectivity index (χ3v) is 3.46. The zero-order chi connectivity index (χ0) is 16.4. The fraction of sp³-hybridized carbons (Fsp3) is 0.467.